The molecule has 2 aromatic heterocycles. The van der Waals surface area contributed by atoms with Crippen molar-refractivity contribution in [3.63, 3.8) is 0 Å². The fraction of sp³-hybridized carbons (Fsp3) is 0.455. The zero-order valence-corrected chi connectivity index (χ0v) is 10.6. The van der Waals surface area contributed by atoms with E-state index in [0.717, 1.165) is 23.6 Å². The molecule has 86 valence electrons. The fourth-order valence-electron chi connectivity index (χ4n) is 1.63. The van der Waals surface area contributed by atoms with Crippen molar-refractivity contribution in [2.75, 3.05) is 0 Å². The van der Waals surface area contributed by atoms with Gasteiger partial charge in [-0.05, 0) is 20.8 Å². The lowest BCUT2D eigenvalue weighted by Gasteiger charge is -2.11. The standard InChI is InChI=1S/C11H16N4S/c1-7-10(8(2)15-14-7)4-12-9(3)11-5-16-6-13-11/h5-6,9,12H,4H2,1-3H3,(H,14,15). The molecule has 1 atom stereocenters. The first-order valence-corrected chi connectivity index (χ1v) is 6.24. The van der Waals surface area contributed by atoms with Crippen molar-refractivity contribution in [3.8, 4) is 0 Å². The van der Waals surface area contributed by atoms with Crippen LogP contribution in [0.4, 0.5) is 0 Å². The van der Waals surface area contributed by atoms with E-state index in [1.54, 1.807) is 11.3 Å². The van der Waals surface area contributed by atoms with E-state index < -0.39 is 0 Å². The van der Waals surface area contributed by atoms with Crippen molar-refractivity contribution in [1.82, 2.24) is 20.5 Å². The third-order valence-electron chi connectivity index (χ3n) is 2.76. The molecule has 0 aliphatic rings. The second-order valence-corrected chi connectivity index (χ2v) is 4.65. The van der Waals surface area contributed by atoms with Gasteiger partial charge in [-0.15, -0.1) is 11.3 Å². The summed E-state index contributed by atoms with van der Waals surface area (Å²) in [7, 11) is 0. The Morgan fingerprint density at radius 2 is 2.31 bits per heavy atom. The fourth-order valence-corrected chi connectivity index (χ4v) is 2.28. The molecule has 0 radical (unpaired) electrons. The molecule has 0 amide bonds. The molecule has 2 heterocycles. The average molecular weight is 236 g/mol. The predicted molar refractivity (Wildman–Crippen MR) is 65.4 cm³/mol. The highest BCUT2D eigenvalue weighted by Crippen LogP contribution is 2.14. The summed E-state index contributed by atoms with van der Waals surface area (Å²) < 4.78 is 0. The van der Waals surface area contributed by atoms with Gasteiger partial charge in [-0.3, -0.25) is 5.10 Å². The molecule has 5 heteroatoms. The maximum absolute atomic E-state index is 4.29. The summed E-state index contributed by atoms with van der Waals surface area (Å²) >= 11 is 1.63. The molecule has 0 bridgehead atoms. The molecule has 1 unspecified atom stereocenters. The first-order valence-electron chi connectivity index (χ1n) is 5.30. The Bertz CT molecular complexity index is 427. The van der Waals surface area contributed by atoms with E-state index in [2.05, 4.69) is 32.8 Å². The third-order valence-corrected chi connectivity index (χ3v) is 3.37. The van der Waals surface area contributed by atoms with Crippen LogP contribution in [0, 0.1) is 13.8 Å². The second-order valence-electron chi connectivity index (χ2n) is 3.93. The molecule has 0 fully saturated rings. The number of nitrogens with one attached hydrogen (secondary N) is 2. The summed E-state index contributed by atoms with van der Waals surface area (Å²) in [4.78, 5) is 4.29. The largest absolute Gasteiger partial charge is 0.305 e. The van der Waals surface area contributed by atoms with Crippen LogP contribution in [0.5, 0.6) is 0 Å². The van der Waals surface area contributed by atoms with Crippen molar-refractivity contribution in [1.29, 1.82) is 0 Å². The van der Waals surface area contributed by atoms with E-state index >= 15 is 0 Å². The minimum Gasteiger partial charge on any atom is -0.305 e. The lowest BCUT2D eigenvalue weighted by atomic mass is 10.2. The topological polar surface area (TPSA) is 53.6 Å². The maximum atomic E-state index is 4.29. The summed E-state index contributed by atoms with van der Waals surface area (Å²) in [5.74, 6) is 0. The molecule has 0 aromatic carbocycles. The molecule has 0 saturated carbocycles. The summed E-state index contributed by atoms with van der Waals surface area (Å²) in [6.45, 7) is 7.02. The second kappa shape index (κ2) is 4.76. The van der Waals surface area contributed by atoms with E-state index in [9.17, 15) is 0 Å². The predicted octanol–water partition coefficient (Wildman–Crippen LogP) is 2.33. The molecular formula is C11H16N4S. The first-order chi connectivity index (χ1) is 7.68. The number of aryl methyl sites for hydroxylation is 2. The number of nitrogens with zero attached hydrogens (tertiary/aromatic N) is 2. The van der Waals surface area contributed by atoms with Gasteiger partial charge in [0.05, 0.1) is 16.9 Å². The lowest BCUT2D eigenvalue weighted by Crippen LogP contribution is -2.19. The van der Waals surface area contributed by atoms with E-state index in [0.29, 0.717) is 0 Å². The van der Waals surface area contributed by atoms with Crippen LogP contribution >= 0.6 is 11.3 Å². The molecule has 0 spiro atoms. The quantitative estimate of drug-likeness (QED) is 0.856. The SMILES string of the molecule is Cc1n[nH]c(C)c1CNC(C)c1cscn1. The van der Waals surface area contributed by atoms with Gasteiger partial charge >= 0.3 is 0 Å². The summed E-state index contributed by atoms with van der Waals surface area (Å²) in [6.07, 6.45) is 0. The molecule has 4 nitrogen and oxygen atoms in total. The minimum absolute atomic E-state index is 0.278. The Labute approximate surface area is 99.1 Å². The lowest BCUT2D eigenvalue weighted by molar-refractivity contribution is 0.562. The van der Waals surface area contributed by atoms with Crippen LogP contribution in [0.25, 0.3) is 0 Å². The van der Waals surface area contributed by atoms with Gasteiger partial charge in [0.1, 0.15) is 0 Å². The van der Waals surface area contributed by atoms with E-state index in [1.165, 1.54) is 5.56 Å². The monoisotopic (exact) mass is 236 g/mol. The first kappa shape index (κ1) is 11.3. The van der Waals surface area contributed by atoms with Crippen molar-refractivity contribution in [2.24, 2.45) is 0 Å². The van der Waals surface area contributed by atoms with E-state index in [4.69, 9.17) is 0 Å². The number of hydrogen-bond acceptors (Lipinski definition) is 4. The Morgan fingerprint density at radius 3 is 2.88 bits per heavy atom. The maximum Gasteiger partial charge on any atom is 0.0795 e. The van der Waals surface area contributed by atoms with Gasteiger partial charge < -0.3 is 5.32 Å². The van der Waals surface area contributed by atoms with Crippen LogP contribution in [0.1, 0.15) is 35.6 Å². The van der Waals surface area contributed by atoms with Crippen LogP contribution in [0.2, 0.25) is 0 Å². The number of hydrogen-bond donors (Lipinski definition) is 2. The van der Waals surface area contributed by atoms with Gasteiger partial charge in [-0.1, -0.05) is 0 Å². The van der Waals surface area contributed by atoms with Crippen molar-refractivity contribution in [3.05, 3.63) is 33.5 Å². The van der Waals surface area contributed by atoms with Crippen LogP contribution in [-0.2, 0) is 6.54 Å². The van der Waals surface area contributed by atoms with Gasteiger partial charge in [0, 0.05) is 29.2 Å². The molecule has 16 heavy (non-hydrogen) atoms. The Balaban J connectivity index is 1.98. The van der Waals surface area contributed by atoms with Gasteiger partial charge in [0.2, 0.25) is 0 Å². The van der Waals surface area contributed by atoms with Gasteiger partial charge in [0.15, 0.2) is 0 Å². The molecule has 2 N–H and O–H groups in total. The summed E-state index contributed by atoms with van der Waals surface area (Å²) in [6, 6.07) is 0.278. The van der Waals surface area contributed by atoms with Crippen molar-refractivity contribution < 1.29 is 0 Å². The number of rotatable bonds is 4. The Kier molecular flexibility index (Phi) is 3.36. The summed E-state index contributed by atoms with van der Waals surface area (Å²) in [5.41, 5.74) is 6.42. The van der Waals surface area contributed by atoms with Crippen LogP contribution in [0.3, 0.4) is 0 Å². The zero-order chi connectivity index (χ0) is 11.5. The highest BCUT2D eigenvalue weighted by molar-refractivity contribution is 7.07. The van der Waals surface area contributed by atoms with Crippen LogP contribution in [0.15, 0.2) is 10.9 Å². The van der Waals surface area contributed by atoms with Crippen molar-refractivity contribution >= 4 is 11.3 Å². The number of aromatic nitrogens is 3. The van der Waals surface area contributed by atoms with Gasteiger partial charge in [-0.25, -0.2) is 4.98 Å². The summed E-state index contributed by atoms with van der Waals surface area (Å²) in [5, 5.41) is 12.7. The number of thiazole rings is 1. The molecule has 0 aliphatic carbocycles. The molecule has 0 aliphatic heterocycles. The van der Waals surface area contributed by atoms with Crippen LogP contribution in [-0.4, -0.2) is 15.2 Å². The molecule has 2 rings (SSSR count). The average Bonchev–Trinajstić information content (AvgIpc) is 2.87. The van der Waals surface area contributed by atoms with Gasteiger partial charge in [-0.2, -0.15) is 5.10 Å². The minimum atomic E-state index is 0.278. The highest BCUT2D eigenvalue weighted by Gasteiger charge is 2.10. The molecule has 0 saturated heterocycles. The smallest absolute Gasteiger partial charge is 0.0795 e. The van der Waals surface area contributed by atoms with Crippen LogP contribution < -0.4 is 5.32 Å². The Hall–Kier alpha value is -1.20. The molecular weight excluding hydrogens is 220 g/mol. The van der Waals surface area contributed by atoms with E-state index in [1.807, 2.05) is 19.4 Å². The van der Waals surface area contributed by atoms with E-state index in [-0.39, 0.29) is 6.04 Å². The molecule has 2 aromatic rings. The third kappa shape index (κ3) is 2.31. The normalized spacial score (nSPS) is 12.9. The van der Waals surface area contributed by atoms with Gasteiger partial charge in [0.25, 0.3) is 0 Å². The number of H-pyrrole nitrogens is 1. The number of aromatic amines is 1. The Morgan fingerprint density at radius 1 is 1.50 bits per heavy atom. The zero-order valence-electron chi connectivity index (χ0n) is 9.74. The highest BCUT2D eigenvalue weighted by atomic mass is 32.1. The van der Waals surface area contributed by atoms with Crippen molar-refractivity contribution in [2.45, 2.75) is 33.4 Å².